The van der Waals surface area contributed by atoms with E-state index in [1.807, 2.05) is 11.7 Å². The van der Waals surface area contributed by atoms with E-state index in [2.05, 4.69) is 28.0 Å². The Bertz CT molecular complexity index is 403. The molecule has 0 aliphatic heterocycles. The highest BCUT2D eigenvalue weighted by molar-refractivity contribution is 9.10. The van der Waals surface area contributed by atoms with Gasteiger partial charge in [0.05, 0.1) is 15.9 Å². The van der Waals surface area contributed by atoms with Crippen molar-refractivity contribution in [1.82, 2.24) is 9.78 Å². The molecule has 0 spiro atoms. The molecule has 4 heteroatoms. The summed E-state index contributed by atoms with van der Waals surface area (Å²) >= 11 is 3.69. The zero-order valence-electron chi connectivity index (χ0n) is 11.5. The molecule has 18 heavy (non-hydrogen) atoms. The number of aryl methyl sites for hydroxylation is 2. The summed E-state index contributed by atoms with van der Waals surface area (Å²) in [7, 11) is 2.03. The Balaban J connectivity index is 2.19. The molecule has 1 aromatic heterocycles. The Labute approximate surface area is 118 Å². The summed E-state index contributed by atoms with van der Waals surface area (Å²) in [5.41, 5.74) is 8.99. The van der Waals surface area contributed by atoms with E-state index < -0.39 is 0 Å². The average Bonchev–Trinajstić information content (AvgIpc) is 2.54. The Morgan fingerprint density at radius 3 is 2.39 bits per heavy atom. The first-order valence-electron chi connectivity index (χ1n) is 7.05. The molecule has 2 N–H and O–H groups in total. The smallest absolute Gasteiger partial charge is 0.0766 e. The minimum Gasteiger partial charge on any atom is -0.325 e. The maximum Gasteiger partial charge on any atom is 0.0766 e. The first kappa shape index (κ1) is 14.1. The number of nitrogens with two attached hydrogens (primary N) is 1. The molecular formula is C14H24BrN3. The number of hydrogen-bond donors (Lipinski definition) is 1. The van der Waals surface area contributed by atoms with E-state index in [9.17, 15) is 0 Å². The Kier molecular flexibility index (Phi) is 4.49. The highest BCUT2D eigenvalue weighted by Gasteiger charge is 2.29. The number of rotatable bonds is 3. The minimum absolute atomic E-state index is 0.0299. The summed E-state index contributed by atoms with van der Waals surface area (Å²) in [5.74, 6) is 0. The number of aromatic nitrogens is 2. The van der Waals surface area contributed by atoms with Gasteiger partial charge >= 0.3 is 0 Å². The maximum absolute atomic E-state index is 6.62. The van der Waals surface area contributed by atoms with Crippen molar-refractivity contribution >= 4 is 15.9 Å². The molecule has 0 aromatic carbocycles. The van der Waals surface area contributed by atoms with Crippen LogP contribution < -0.4 is 5.73 Å². The normalized spacial score (nSPS) is 19.8. The highest BCUT2D eigenvalue weighted by Crippen LogP contribution is 2.31. The van der Waals surface area contributed by atoms with Crippen LogP contribution in [0.2, 0.25) is 0 Å². The van der Waals surface area contributed by atoms with E-state index in [-0.39, 0.29) is 5.54 Å². The van der Waals surface area contributed by atoms with E-state index in [1.54, 1.807) is 0 Å². The van der Waals surface area contributed by atoms with Crippen LogP contribution in [-0.2, 0) is 19.9 Å². The Morgan fingerprint density at radius 2 is 1.89 bits per heavy atom. The third-order valence-electron chi connectivity index (χ3n) is 4.12. The number of nitrogens with zero attached hydrogens (tertiary/aromatic N) is 2. The average molecular weight is 314 g/mol. The standard InChI is InChI=1S/C14H24BrN3/c1-3-11-13(15)12(18(2)17-11)10-14(16)8-6-4-5-7-9-14/h3-10,16H2,1-2H3. The quantitative estimate of drug-likeness (QED) is 0.870. The van der Waals surface area contributed by atoms with E-state index in [1.165, 1.54) is 35.8 Å². The van der Waals surface area contributed by atoms with Crippen LogP contribution in [0.25, 0.3) is 0 Å². The van der Waals surface area contributed by atoms with Crippen LogP contribution in [0.5, 0.6) is 0 Å². The van der Waals surface area contributed by atoms with Crippen LogP contribution in [0.15, 0.2) is 4.47 Å². The first-order valence-corrected chi connectivity index (χ1v) is 7.84. The lowest BCUT2D eigenvalue weighted by Crippen LogP contribution is -2.42. The Morgan fingerprint density at radius 1 is 1.28 bits per heavy atom. The third-order valence-corrected chi connectivity index (χ3v) is 5.04. The van der Waals surface area contributed by atoms with E-state index in [4.69, 9.17) is 5.73 Å². The lowest BCUT2D eigenvalue weighted by Gasteiger charge is -2.28. The van der Waals surface area contributed by atoms with Gasteiger partial charge in [-0.1, -0.05) is 32.6 Å². The molecule has 1 fully saturated rings. The lowest BCUT2D eigenvalue weighted by molar-refractivity contribution is 0.360. The molecule has 3 nitrogen and oxygen atoms in total. The predicted molar refractivity (Wildman–Crippen MR) is 78.6 cm³/mol. The molecule has 0 unspecified atom stereocenters. The monoisotopic (exact) mass is 313 g/mol. The molecule has 0 amide bonds. The van der Waals surface area contributed by atoms with Crippen molar-refractivity contribution in [2.45, 2.75) is 63.8 Å². The summed E-state index contributed by atoms with van der Waals surface area (Å²) in [6.07, 6.45) is 9.41. The topological polar surface area (TPSA) is 43.8 Å². The fourth-order valence-electron chi connectivity index (χ4n) is 2.95. The molecule has 1 saturated carbocycles. The van der Waals surface area contributed by atoms with Crippen molar-refractivity contribution in [1.29, 1.82) is 0 Å². The molecule has 0 bridgehead atoms. The molecule has 1 aliphatic carbocycles. The fourth-order valence-corrected chi connectivity index (χ4v) is 3.71. The summed E-state index contributed by atoms with van der Waals surface area (Å²) in [6, 6.07) is 0. The van der Waals surface area contributed by atoms with Crippen molar-refractivity contribution in [2.75, 3.05) is 0 Å². The van der Waals surface area contributed by atoms with Gasteiger partial charge in [-0.05, 0) is 35.2 Å². The molecule has 0 atom stereocenters. The molecule has 102 valence electrons. The second-order valence-corrected chi connectivity index (χ2v) is 6.43. The third kappa shape index (κ3) is 2.97. The van der Waals surface area contributed by atoms with E-state index >= 15 is 0 Å². The Hall–Kier alpha value is -0.350. The molecule has 1 heterocycles. The molecule has 1 aliphatic rings. The van der Waals surface area contributed by atoms with Crippen molar-refractivity contribution in [3.63, 3.8) is 0 Å². The molecule has 1 aromatic rings. The summed E-state index contributed by atoms with van der Waals surface area (Å²) in [6.45, 7) is 2.14. The van der Waals surface area contributed by atoms with Gasteiger partial charge in [-0.15, -0.1) is 0 Å². The van der Waals surface area contributed by atoms with Crippen LogP contribution in [-0.4, -0.2) is 15.3 Å². The van der Waals surface area contributed by atoms with Crippen LogP contribution >= 0.6 is 15.9 Å². The largest absolute Gasteiger partial charge is 0.325 e. The van der Waals surface area contributed by atoms with Crippen LogP contribution in [0.4, 0.5) is 0 Å². The molecule has 2 rings (SSSR count). The molecule has 0 saturated heterocycles. The zero-order valence-corrected chi connectivity index (χ0v) is 13.1. The highest BCUT2D eigenvalue weighted by atomic mass is 79.9. The van der Waals surface area contributed by atoms with Crippen LogP contribution in [0.1, 0.15) is 56.8 Å². The van der Waals surface area contributed by atoms with E-state index in [0.717, 1.165) is 31.4 Å². The van der Waals surface area contributed by atoms with Crippen molar-refractivity contribution < 1.29 is 0 Å². The van der Waals surface area contributed by atoms with Gasteiger partial charge in [0, 0.05) is 19.0 Å². The second kappa shape index (κ2) is 5.74. The number of hydrogen-bond acceptors (Lipinski definition) is 2. The van der Waals surface area contributed by atoms with Gasteiger partial charge in [0.25, 0.3) is 0 Å². The summed E-state index contributed by atoms with van der Waals surface area (Å²) in [4.78, 5) is 0. The van der Waals surface area contributed by atoms with Gasteiger partial charge in [-0.3, -0.25) is 4.68 Å². The second-order valence-electron chi connectivity index (χ2n) is 5.64. The molecular weight excluding hydrogens is 290 g/mol. The van der Waals surface area contributed by atoms with Gasteiger partial charge in [0.15, 0.2) is 0 Å². The molecule has 0 radical (unpaired) electrons. The number of halogens is 1. The van der Waals surface area contributed by atoms with Gasteiger partial charge in [-0.25, -0.2) is 0 Å². The van der Waals surface area contributed by atoms with Gasteiger partial charge < -0.3 is 5.73 Å². The van der Waals surface area contributed by atoms with Crippen molar-refractivity contribution in [3.05, 3.63) is 15.9 Å². The maximum atomic E-state index is 6.62. The van der Waals surface area contributed by atoms with Crippen molar-refractivity contribution in [2.24, 2.45) is 12.8 Å². The van der Waals surface area contributed by atoms with Crippen LogP contribution in [0.3, 0.4) is 0 Å². The zero-order chi connectivity index (χ0) is 13.2. The fraction of sp³-hybridized carbons (Fsp3) is 0.786. The van der Waals surface area contributed by atoms with Gasteiger partial charge in [-0.2, -0.15) is 5.10 Å². The van der Waals surface area contributed by atoms with Gasteiger partial charge in [0.2, 0.25) is 0 Å². The van der Waals surface area contributed by atoms with Crippen LogP contribution in [0, 0.1) is 0 Å². The SMILES string of the molecule is CCc1nn(C)c(CC2(N)CCCCCC2)c1Br. The minimum atomic E-state index is -0.0299. The van der Waals surface area contributed by atoms with E-state index in [0.29, 0.717) is 0 Å². The first-order chi connectivity index (χ1) is 8.56. The predicted octanol–water partition coefficient (Wildman–Crippen LogP) is 3.34. The summed E-state index contributed by atoms with van der Waals surface area (Å²) < 4.78 is 3.17. The van der Waals surface area contributed by atoms with Crippen molar-refractivity contribution in [3.8, 4) is 0 Å². The summed E-state index contributed by atoms with van der Waals surface area (Å²) in [5, 5.41) is 4.56. The lowest BCUT2D eigenvalue weighted by atomic mass is 9.86. The van der Waals surface area contributed by atoms with Gasteiger partial charge in [0.1, 0.15) is 0 Å².